The van der Waals surface area contributed by atoms with Crippen LogP contribution in [0.25, 0.3) is 0 Å². The monoisotopic (exact) mass is 411 g/mol. The van der Waals surface area contributed by atoms with Gasteiger partial charge in [0.1, 0.15) is 6.10 Å². The van der Waals surface area contributed by atoms with E-state index in [4.69, 9.17) is 9.16 Å². The maximum Gasteiger partial charge on any atom is 0.201 e. The fourth-order valence-corrected chi connectivity index (χ4v) is 10.6. The number of benzene rings is 1. The van der Waals surface area contributed by atoms with Crippen molar-refractivity contribution in [1.29, 1.82) is 5.26 Å². The molecule has 3 nitrogen and oxygen atoms in total. The Morgan fingerprint density at radius 3 is 2.31 bits per heavy atom. The summed E-state index contributed by atoms with van der Waals surface area (Å²) in [6.07, 6.45) is 4.44. The van der Waals surface area contributed by atoms with Gasteiger partial charge in [0.15, 0.2) is 0 Å². The van der Waals surface area contributed by atoms with Crippen LogP contribution in [0.2, 0.25) is 16.6 Å². The number of rotatable bonds is 7. The molecule has 0 amide bonds. The first kappa shape index (κ1) is 23.6. The van der Waals surface area contributed by atoms with Gasteiger partial charge < -0.3 is 9.16 Å². The Hall–Kier alpha value is -1.67. The van der Waals surface area contributed by atoms with Gasteiger partial charge in [-0.15, -0.1) is 0 Å². The van der Waals surface area contributed by atoms with E-state index in [1.807, 2.05) is 37.3 Å². The van der Waals surface area contributed by atoms with Gasteiger partial charge in [-0.05, 0) is 46.8 Å². The van der Waals surface area contributed by atoms with Crippen LogP contribution < -0.4 is 0 Å². The largest absolute Gasteiger partial charge is 0.406 e. The molecule has 3 atom stereocenters. The minimum Gasteiger partial charge on any atom is -0.406 e. The summed E-state index contributed by atoms with van der Waals surface area (Å²) in [5, 5.41) is 9.24. The van der Waals surface area contributed by atoms with Gasteiger partial charge in [-0.1, -0.05) is 72.4 Å². The highest BCUT2D eigenvalue weighted by Crippen LogP contribution is 2.46. The normalized spacial score (nSPS) is 23.3. The molecular formula is C25H37NO2Si. The zero-order valence-electron chi connectivity index (χ0n) is 19.1. The average Bonchev–Trinajstić information content (AvgIpc) is 2.66. The Balaban J connectivity index is 2.37. The van der Waals surface area contributed by atoms with Gasteiger partial charge in [-0.2, -0.15) is 5.26 Å². The number of nitrogens with zero attached hydrogens (tertiary/aromatic N) is 1. The van der Waals surface area contributed by atoms with Gasteiger partial charge in [-0.25, -0.2) is 0 Å². The van der Waals surface area contributed by atoms with Crippen molar-refractivity contribution in [2.75, 3.05) is 0 Å². The van der Waals surface area contributed by atoms with Crippen molar-refractivity contribution in [2.24, 2.45) is 0 Å². The Labute approximate surface area is 178 Å². The Bertz CT molecular complexity index is 753. The minimum atomic E-state index is -2.06. The number of hydrogen-bond acceptors (Lipinski definition) is 3. The molecule has 0 aromatic heterocycles. The summed E-state index contributed by atoms with van der Waals surface area (Å²) in [5.74, 6) is 0. The van der Waals surface area contributed by atoms with Crippen molar-refractivity contribution in [2.45, 2.75) is 89.8 Å². The van der Waals surface area contributed by atoms with E-state index < -0.39 is 8.32 Å². The molecule has 1 saturated heterocycles. The highest BCUT2D eigenvalue weighted by molar-refractivity contribution is 6.77. The first-order valence-corrected chi connectivity index (χ1v) is 12.9. The van der Waals surface area contributed by atoms with Crippen molar-refractivity contribution >= 4 is 8.32 Å². The minimum absolute atomic E-state index is 0.106. The lowest BCUT2D eigenvalue weighted by molar-refractivity contribution is -0.0652. The van der Waals surface area contributed by atoms with Gasteiger partial charge >= 0.3 is 0 Å². The second kappa shape index (κ2) is 9.89. The predicted octanol–water partition coefficient (Wildman–Crippen LogP) is 7.08. The zero-order chi connectivity index (χ0) is 21.8. The van der Waals surface area contributed by atoms with Gasteiger partial charge in [0, 0.05) is 6.42 Å². The summed E-state index contributed by atoms with van der Waals surface area (Å²) in [5.41, 5.74) is 4.29. The Kier molecular flexibility index (Phi) is 8.05. The lowest BCUT2D eigenvalue weighted by Crippen LogP contribution is -2.54. The smallest absolute Gasteiger partial charge is 0.201 e. The number of nitriles is 1. The molecule has 29 heavy (non-hydrogen) atoms. The number of ether oxygens (including phenoxy) is 1. The van der Waals surface area contributed by atoms with Crippen molar-refractivity contribution in [3.63, 3.8) is 0 Å². The van der Waals surface area contributed by atoms with E-state index in [0.717, 1.165) is 11.1 Å². The van der Waals surface area contributed by atoms with Gasteiger partial charge in [0.05, 0.1) is 23.8 Å². The molecule has 4 heteroatoms. The summed E-state index contributed by atoms with van der Waals surface area (Å²) in [6.45, 7) is 20.3. The van der Waals surface area contributed by atoms with Crippen LogP contribution in [0.1, 0.15) is 72.1 Å². The molecule has 1 aromatic carbocycles. The van der Waals surface area contributed by atoms with Crippen molar-refractivity contribution in [1.82, 2.24) is 0 Å². The Morgan fingerprint density at radius 2 is 1.79 bits per heavy atom. The van der Waals surface area contributed by atoms with Gasteiger partial charge in [0.25, 0.3) is 0 Å². The van der Waals surface area contributed by atoms with Crippen molar-refractivity contribution in [3.05, 3.63) is 59.7 Å². The summed E-state index contributed by atoms with van der Waals surface area (Å²) < 4.78 is 13.6. The van der Waals surface area contributed by atoms with Crippen LogP contribution in [-0.4, -0.2) is 20.5 Å². The van der Waals surface area contributed by atoms with Crippen LogP contribution >= 0.6 is 0 Å². The quantitative estimate of drug-likeness (QED) is 0.355. The molecule has 1 aliphatic heterocycles. The molecule has 2 rings (SSSR count). The third-order valence-electron chi connectivity index (χ3n) is 6.28. The topological polar surface area (TPSA) is 42.2 Å². The SMILES string of the molecule is C=C1C[C@H](c2cccc(C#N)c2)O[C@H](/C=C/C)[C@H]1O[Si](C(C)C)(C(C)C)C(C)C. The van der Waals surface area contributed by atoms with Crippen LogP contribution in [-0.2, 0) is 9.16 Å². The molecule has 1 aliphatic rings. The predicted molar refractivity (Wildman–Crippen MR) is 123 cm³/mol. The Morgan fingerprint density at radius 1 is 1.17 bits per heavy atom. The second-order valence-electron chi connectivity index (χ2n) is 9.07. The molecule has 0 aliphatic carbocycles. The van der Waals surface area contributed by atoms with Gasteiger partial charge in [0.2, 0.25) is 8.32 Å². The van der Waals surface area contributed by atoms with Crippen LogP contribution in [0.3, 0.4) is 0 Å². The highest BCUT2D eigenvalue weighted by Gasteiger charge is 2.49. The number of hydrogen-bond donors (Lipinski definition) is 0. The van der Waals surface area contributed by atoms with Gasteiger partial charge in [-0.3, -0.25) is 0 Å². The molecule has 0 bridgehead atoms. The fourth-order valence-electron chi connectivity index (χ4n) is 5.02. The third kappa shape index (κ3) is 4.91. The molecule has 1 heterocycles. The fraction of sp³-hybridized carbons (Fsp3) is 0.560. The van der Waals surface area contributed by atoms with E-state index in [9.17, 15) is 5.26 Å². The lowest BCUT2D eigenvalue weighted by atomic mass is 9.92. The van der Waals surface area contributed by atoms with Crippen LogP contribution in [0.5, 0.6) is 0 Å². The first-order chi connectivity index (χ1) is 13.7. The van der Waals surface area contributed by atoms with Crippen LogP contribution in [0.4, 0.5) is 0 Å². The first-order valence-electron chi connectivity index (χ1n) is 10.8. The maximum absolute atomic E-state index is 9.24. The lowest BCUT2D eigenvalue weighted by Gasteiger charge is -2.48. The standard InChI is InChI=1S/C25H37NO2Si/c1-9-11-23-25(28-29(17(2)3,18(4)5)19(6)7)20(8)14-24(27-23)22-13-10-12-21(15-22)16-26/h9-13,15,17-19,23-25H,8,14H2,1-7H3/b11-9+/t23-,24-,25+/m1/s1. The third-order valence-corrected chi connectivity index (χ3v) is 12.4. The molecule has 158 valence electrons. The molecular weight excluding hydrogens is 374 g/mol. The number of allylic oxidation sites excluding steroid dienone is 1. The van der Waals surface area contributed by atoms with Crippen molar-refractivity contribution < 1.29 is 9.16 Å². The molecule has 0 spiro atoms. The van der Waals surface area contributed by atoms with Crippen molar-refractivity contribution in [3.8, 4) is 6.07 Å². The van der Waals surface area contributed by atoms with E-state index in [1.165, 1.54) is 0 Å². The van der Waals surface area contributed by atoms with E-state index in [1.54, 1.807) is 0 Å². The summed E-state index contributed by atoms with van der Waals surface area (Å²) in [7, 11) is -2.06. The van der Waals surface area contributed by atoms with E-state index in [-0.39, 0.29) is 18.3 Å². The average molecular weight is 412 g/mol. The zero-order valence-corrected chi connectivity index (χ0v) is 20.1. The molecule has 0 N–H and O–H groups in total. The molecule has 1 aromatic rings. The highest BCUT2D eigenvalue weighted by atomic mass is 28.4. The maximum atomic E-state index is 9.24. The second-order valence-corrected chi connectivity index (χ2v) is 14.5. The summed E-state index contributed by atoms with van der Waals surface area (Å²) in [6, 6.07) is 9.91. The molecule has 0 saturated carbocycles. The summed E-state index contributed by atoms with van der Waals surface area (Å²) in [4.78, 5) is 0. The van der Waals surface area contributed by atoms with E-state index in [0.29, 0.717) is 28.6 Å². The summed E-state index contributed by atoms with van der Waals surface area (Å²) >= 11 is 0. The molecule has 0 radical (unpaired) electrons. The molecule has 0 unspecified atom stereocenters. The van der Waals surface area contributed by atoms with Crippen LogP contribution in [0.15, 0.2) is 48.6 Å². The van der Waals surface area contributed by atoms with E-state index >= 15 is 0 Å². The van der Waals surface area contributed by atoms with Crippen LogP contribution in [0, 0.1) is 11.3 Å². The molecule has 1 fully saturated rings. The van der Waals surface area contributed by atoms with E-state index in [2.05, 4.69) is 60.3 Å².